The summed E-state index contributed by atoms with van der Waals surface area (Å²) in [6.45, 7) is 1.76. The van der Waals surface area contributed by atoms with E-state index in [9.17, 15) is 9.59 Å². The van der Waals surface area contributed by atoms with Gasteiger partial charge in [-0.3, -0.25) is 4.79 Å². The van der Waals surface area contributed by atoms with Crippen molar-refractivity contribution in [1.82, 2.24) is 0 Å². The Kier molecular flexibility index (Phi) is 3.88. The van der Waals surface area contributed by atoms with Crippen LogP contribution in [0.2, 0.25) is 0 Å². The summed E-state index contributed by atoms with van der Waals surface area (Å²) in [7, 11) is 2.64. The summed E-state index contributed by atoms with van der Waals surface area (Å²) in [5, 5.41) is 0. The topological polar surface area (TPSA) is 61.8 Å². The van der Waals surface area contributed by atoms with Crippen molar-refractivity contribution in [2.75, 3.05) is 14.2 Å². The van der Waals surface area contributed by atoms with Crippen molar-refractivity contribution in [3.05, 3.63) is 23.3 Å². The van der Waals surface area contributed by atoms with Gasteiger partial charge in [0.05, 0.1) is 14.2 Å². The molecule has 0 aromatic heterocycles. The van der Waals surface area contributed by atoms with E-state index in [1.54, 1.807) is 13.0 Å². The molecule has 0 spiro atoms. The molecule has 0 unspecified atom stereocenters. The van der Waals surface area contributed by atoms with E-state index in [4.69, 9.17) is 9.47 Å². The Bertz CT molecular complexity index is 411. The zero-order chi connectivity index (χ0) is 12.1. The minimum atomic E-state index is -0.862. The molecule has 86 valence electrons. The smallest absolute Gasteiger partial charge is 0.493 e. The van der Waals surface area contributed by atoms with Crippen molar-refractivity contribution in [2.24, 2.45) is 0 Å². The summed E-state index contributed by atoms with van der Waals surface area (Å²) in [4.78, 5) is 21.7. The summed E-state index contributed by atoms with van der Waals surface area (Å²) in [6.07, 6.45) is -0.183. The zero-order valence-corrected chi connectivity index (χ0v) is 9.27. The fourth-order valence-electron chi connectivity index (χ4n) is 1.17. The van der Waals surface area contributed by atoms with Crippen LogP contribution >= 0.6 is 0 Å². The van der Waals surface area contributed by atoms with E-state index in [2.05, 4.69) is 4.74 Å². The lowest BCUT2D eigenvalue weighted by molar-refractivity contribution is 0.111. The van der Waals surface area contributed by atoms with Crippen LogP contribution in [0.3, 0.4) is 0 Å². The first-order valence-corrected chi connectivity index (χ1v) is 4.52. The molecular formula is C11H12O5. The lowest BCUT2D eigenvalue weighted by atomic mass is 10.1. The first kappa shape index (κ1) is 12.0. The second kappa shape index (κ2) is 5.16. The molecule has 0 saturated heterocycles. The minimum absolute atomic E-state index is 0.155. The molecule has 16 heavy (non-hydrogen) atoms. The highest BCUT2D eigenvalue weighted by Crippen LogP contribution is 2.30. The molecule has 5 nitrogen and oxygen atoms in total. The van der Waals surface area contributed by atoms with Gasteiger partial charge in [-0.25, -0.2) is 4.79 Å². The van der Waals surface area contributed by atoms with Crippen molar-refractivity contribution in [2.45, 2.75) is 6.92 Å². The normalized spacial score (nSPS) is 9.44. The lowest BCUT2D eigenvalue weighted by Gasteiger charge is -2.10. The second-order valence-electron chi connectivity index (χ2n) is 3.03. The monoisotopic (exact) mass is 224 g/mol. The quantitative estimate of drug-likeness (QED) is 0.446. The highest BCUT2D eigenvalue weighted by atomic mass is 16.7. The third-order valence-electron chi connectivity index (χ3n) is 2.04. The van der Waals surface area contributed by atoms with Gasteiger partial charge in [0.25, 0.3) is 0 Å². The first-order chi connectivity index (χ1) is 7.62. The SMILES string of the molecule is COC(=O)Oc1cc(C=O)c(C)cc1OC. The third kappa shape index (κ3) is 2.50. The fourth-order valence-corrected chi connectivity index (χ4v) is 1.17. The number of methoxy groups -OCH3 is 2. The number of carbonyl (C=O) groups excluding carboxylic acids is 2. The molecule has 0 amide bonds. The molecule has 1 aromatic rings. The Morgan fingerprint density at radius 2 is 1.94 bits per heavy atom. The van der Waals surface area contributed by atoms with Gasteiger partial charge in [0.2, 0.25) is 0 Å². The predicted molar refractivity (Wildman–Crippen MR) is 56.2 cm³/mol. The number of hydrogen-bond donors (Lipinski definition) is 0. The average Bonchev–Trinajstić information content (AvgIpc) is 2.30. The number of hydrogen-bond acceptors (Lipinski definition) is 5. The van der Waals surface area contributed by atoms with Gasteiger partial charge in [-0.05, 0) is 24.6 Å². The van der Waals surface area contributed by atoms with E-state index in [0.29, 0.717) is 17.6 Å². The van der Waals surface area contributed by atoms with E-state index in [1.807, 2.05) is 0 Å². The maximum absolute atomic E-state index is 10.9. The number of rotatable bonds is 3. The van der Waals surface area contributed by atoms with Crippen molar-refractivity contribution in [3.8, 4) is 11.5 Å². The average molecular weight is 224 g/mol. The van der Waals surface area contributed by atoms with Crippen LogP contribution in [0.5, 0.6) is 11.5 Å². The second-order valence-corrected chi connectivity index (χ2v) is 3.03. The zero-order valence-electron chi connectivity index (χ0n) is 9.27. The van der Waals surface area contributed by atoms with E-state index in [0.717, 1.165) is 5.56 Å². The predicted octanol–water partition coefficient (Wildman–Crippen LogP) is 1.96. The molecule has 0 radical (unpaired) electrons. The maximum Gasteiger partial charge on any atom is 0.513 e. The third-order valence-corrected chi connectivity index (χ3v) is 2.04. The van der Waals surface area contributed by atoms with Crippen LogP contribution in [0.15, 0.2) is 12.1 Å². The molecule has 0 bridgehead atoms. The molecule has 0 heterocycles. The van der Waals surface area contributed by atoms with Crippen LogP contribution < -0.4 is 9.47 Å². The Balaban J connectivity index is 3.14. The van der Waals surface area contributed by atoms with Crippen molar-refractivity contribution < 1.29 is 23.8 Å². The lowest BCUT2D eigenvalue weighted by Crippen LogP contribution is -2.08. The van der Waals surface area contributed by atoms with Crippen molar-refractivity contribution in [3.63, 3.8) is 0 Å². The highest BCUT2D eigenvalue weighted by Gasteiger charge is 2.12. The van der Waals surface area contributed by atoms with Crippen LogP contribution in [0.1, 0.15) is 15.9 Å². The molecular weight excluding hydrogens is 212 g/mol. The fraction of sp³-hybridized carbons (Fsp3) is 0.273. The summed E-state index contributed by atoms with van der Waals surface area (Å²) < 4.78 is 14.2. The van der Waals surface area contributed by atoms with E-state index >= 15 is 0 Å². The molecule has 0 fully saturated rings. The highest BCUT2D eigenvalue weighted by molar-refractivity contribution is 5.79. The van der Waals surface area contributed by atoms with E-state index in [1.165, 1.54) is 20.3 Å². The van der Waals surface area contributed by atoms with E-state index in [-0.39, 0.29) is 5.75 Å². The Morgan fingerprint density at radius 1 is 1.25 bits per heavy atom. The van der Waals surface area contributed by atoms with Gasteiger partial charge in [0.1, 0.15) is 6.29 Å². The van der Waals surface area contributed by atoms with Gasteiger partial charge in [-0.15, -0.1) is 0 Å². The van der Waals surface area contributed by atoms with Crippen LogP contribution in [0.25, 0.3) is 0 Å². The number of carbonyl (C=O) groups is 2. The van der Waals surface area contributed by atoms with Crippen LogP contribution in [-0.4, -0.2) is 26.7 Å². The molecule has 5 heteroatoms. The molecule has 0 aliphatic rings. The standard InChI is InChI=1S/C11H12O5/c1-7-4-9(14-2)10(5-8(7)6-12)16-11(13)15-3/h4-6H,1-3H3. The van der Waals surface area contributed by atoms with Gasteiger partial charge in [-0.2, -0.15) is 0 Å². The van der Waals surface area contributed by atoms with Crippen molar-refractivity contribution in [1.29, 1.82) is 0 Å². The van der Waals surface area contributed by atoms with Gasteiger partial charge >= 0.3 is 6.16 Å². The van der Waals surface area contributed by atoms with Crippen molar-refractivity contribution >= 4 is 12.4 Å². The molecule has 1 rings (SSSR count). The maximum atomic E-state index is 10.9. The summed E-state index contributed by atoms with van der Waals surface area (Å²) >= 11 is 0. The molecule has 0 aliphatic heterocycles. The molecule has 0 saturated carbocycles. The van der Waals surface area contributed by atoms with Gasteiger partial charge in [-0.1, -0.05) is 0 Å². The Morgan fingerprint density at radius 3 is 2.44 bits per heavy atom. The summed E-state index contributed by atoms with van der Waals surface area (Å²) in [5.41, 5.74) is 1.17. The molecule has 0 aliphatic carbocycles. The molecule has 1 aromatic carbocycles. The number of aryl methyl sites for hydroxylation is 1. The van der Waals surface area contributed by atoms with Gasteiger partial charge in [0.15, 0.2) is 11.5 Å². The van der Waals surface area contributed by atoms with Crippen LogP contribution in [-0.2, 0) is 4.74 Å². The first-order valence-electron chi connectivity index (χ1n) is 4.52. The Hall–Kier alpha value is -2.04. The largest absolute Gasteiger partial charge is 0.513 e. The number of benzene rings is 1. The molecule has 0 N–H and O–H groups in total. The van der Waals surface area contributed by atoms with Crippen LogP contribution in [0, 0.1) is 6.92 Å². The minimum Gasteiger partial charge on any atom is -0.493 e. The number of aldehydes is 1. The summed E-state index contributed by atoms with van der Waals surface area (Å²) in [6, 6.07) is 3.04. The van der Waals surface area contributed by atoms with E-state index < -0.39 is 6.16 Å². The molecule has 0 atom stereocenters. The van der Waals surface area contributed by atoms with Gasteiger partial charge in [0, 0.05) is 5.56 Å². The summed E-state index contributed by atoms with van der Waals surface area (Å²) in [5.74, 6) is 0.524. The van der Waals surface area contributed by atoms with Gasteiger partial charge < -0.3 is 14.2 Å². The Labute approximate surface area is 92.9 Å². The van der Waals surface area contributed by atoms with Crippen LogP contribution in [0.4, 0.5) is 4.79 Å². The number of ether oxygens (including phenoxy) is 3.